The van der Waals surface area contributed by atoms with Crippen molar-refractivity contribution in [2.45, 2.75) is 23.1 Å². The van der Waals surface area contributed by atoms with E-state index in [1.807, 2.05) is 18.2 Å². The Morgan fingerprint density at radius 1 is 1.33 bits per heavy atom. The average Bonchev–Trinajstić information content (AvgIpc) is 3.13. The van der Waals surface area contributed by atoms with Crippen LogP contribution in [-0.4, -0.2) is 33.2 Å². The second-order valence-electron chi connectivity index (χ2n) is 5.88. The van der Waals surface area contributed by atoms with Crippen molar-refractivity contribution < 1.29 is 4.79 Å². The van der Waals surface area contributed by atoms with Gasteiger partial charge in [0, 0.05) is 40.6 Å². The molecule has 0 spiro atoms. The second kappa shape index (κ2) is 5.52. The van der Waals surface area contributed by atoms with Crippen molar-refractivity contribution in [1.82, 2.24) is 20.3 Å². The summed E-state index contributed by atoms with van der Waals surface area (Å²) < 4.78 is 0. The highest BCUT2D eigenvalue weighted by Crippen LogP contribution is 2.49. The number of H-pyrrole nitrogens is 1. The van der Waals surface area contributed by atoms with Crippen LogP contribution in [0.15, 0.2) is 35.6 Å². The molecule has 122 valence electrons. The molecular weight excluding hydrogens is 322 g/mol. The predicted molar refractivity (Wildman–Crippen MR) is 95.3 cm³/mol. The van der Waals surface area contributed by atoms with Crippen molar-refractivity contribution in [2.75, 3.05) is 12.8 Å². The first-order chi connectivity index (χ1) is 11.6. The van der Waals surface area contributed by atoms with E-state index in [0.717, 1.165) is 27.2 Å². The van der Waals surface area contributed by atoms with E-state index in [1.54, 1.807) is 18.8 Å². The summed E-state index contributed by atoms with van der Waals surface area (Å²) in [6, 6.07) is 7.78. The van der Waals surface area contributed by atoms with Gasteiger partial charge in [0.25, 0.3) is 5.91 Å². The zero-order valence-electron chi connectivity index (χ0n) is 13.3. The smallest absolute Gasteiger partial charge is 0.251 e. The van der Waals surface area contributed by atoms with Crippen LogP contribution in [-0.2, 0) is 0 Å². The van der Waals surface area contributed by atoms with Crippen molar-refractivity contribution >= 4 is 34.4 Å². The van der Waals surface area contributed by atoms with Gasteiger partial charge < -0.3 is 16.0 Å². The molecule has 0 saturated heterocycles. The number of hydrogen-bond donors (Lipinski definition) is 3. The van der Waals surface area contributed by atoms with Crippen LogP contribution >= 0.6 is 11.8 Å². The molecule has 3 heterocycles. The zero-order valence-corrected chi connectivity index (χ0v) is 14.1. The number of fused-ring (bicyclic) bond motifs is 2. The Kier molecular flexibility index (Phi) is 3.45. The lowest BCUT2D eigenvalue weighted by atomic mass is 9.94. The van der Waals surface area contributed by atoms with Gasteiger partial charge in [0.15, 0.2) is 0 Å². The Morgan fingerprint density at radius 3 is 2.96 bits per heavy atom. The largest absolute Gasteiger partial charge is 0.383 e. The number of carbonyl (C=O) groups is 1. The minimum absolute atomic E-state index is 0.0965. The summed E-state index contributed by atoms with van der Waals surface area (Å²) in [5.74, 6) is 0.550. The third kappa shape index (κ3) is 2.24. The molecule has 7 heteroatoms. The predicted octanol–water partition coefficient (Wildman–Crippen LogP) is 2.53. The van der Waals surface area contributed by atoms with E-state index in [9.17, 15) is 4.79 Å². The molecule has 0 fully saturated rings. The summed E-state index contributed by atoms with van der Waals surface area (Å²) in [6.07, 6.45) is 1.51. The van der Waals surface area contributed by atoms with Crippen molar-refractivity contribution in [1.29, 1.82) is 0 Å². The third-order valence-electron chi connectivity index (χ3n) is 4.42. The summed E-state index contributed by atoms with van der Waals surface area (Å²) in [7, 11) is 1.63. The molecule has 1 amide bonds. The van der Waals surface area contributed by atoms with Crippen LogP contribution in [0.5, 0.6) is 0 Å². The first-order valence-corrected chi connectivity index (χ1v) is 8.58. The number of rotatable bonds is 2. The number of aromatic amines is 1. The first-order valence-electron chi connectivity index (χ1n) is 7.70. The number of hydrogen-bond acceptors (Lipinski definition) is 5. The molecule has 2 aromatic heterocycles. The van der Waals surface area contributed by atoms with Gasteiger partial charge in [0.05, 0.1) is 0 Å². The molecule has 4 rings (SSSR count). The normalized spacial score (nSPS) is 19.4. The molecule has 2 unspecified atom stereocenters. The zero-order chi connectivity index (χ0) is 16.8. The van der Waals surface area contributed by atoms with E-state index < -0.39 is 0 Å². The van der Waals surface area contributed by atoms with Crippen LogP contribution in [0.3, 0.4) is 0 Å². The molecule has 0 aliphatic carbocycles. The van der Waals surface area contributed by atoms with Gasteiger partial charge >= 0.3 is 0 Å². The van der Waals surface area contributed by atoms with Crippen LogP contribution in [0.1, 0.15) is 34.5 Å². The van der Waals surface area contributed by atoms with Gasteiger partial charge in [-0.1, -0.05) is 13.0 Å². The number of benzene rings is 1. The van der Waals surface area contributed by atoms with Crippen LogP contribution in [0.2, 0.25) is 0 Å². The standard InChI is InChI=1S/C17H17N5OS/c1-8-13(14-15(18)20-7-21-17(14)24-8)12-5-9-3-4-10(16(23)19-2)6-11(9)22-12/h3-8,13,22H,1-2H3,(H,19,23)(H2,18,20,21). The summed E-state index contributed by atoms with van der Waals surface area (Å²) in [5.41, 5.74) is 9.74. The first kappa shape index (κ1) is 15.0. The minimum atomic E-state index is -0.0965. The molecule has 1 aromatic carbocycles. The number of nitrogens with zero attached hydrogens (tertiary/aromatic N) is 2. The topological polar surface area (TPSA) is 96.7 Å². The van der Waals surface area contributed by atoms with Gasteiger partial charge in [0.1, 0.15) is 17.2 Å². The summed E-state index contributed by atoms with van der Waals surface area (Å²) in [5, 5.41) is 4.97. The molecule has 24 heavy (non-hydrogen) atoms. The van der Waals surface area contributed by atoms with Gasteiger partial charge in [-0.15, -0.1) is 11.8 Å². The molecule has 0 bridgehead atoms. The van der Waals surface area contributed by atoms with E-state index in [2.05, 4.69) is 33.3 Å². The number of aromatic nitrogens is 3. The number of carbonyl (C=O) groups excluding carboxylic acids is 1. The Labute approximate surface area is 143 Å². The lowest BCUT2D eigenvalue weighted by Crippen LogP contribution is -2.17. The lowest BCUT2D eigenvalue weighted by molar-refractivity contribution is 0.0963. The summed E-state index contributed by atoms with van der Waals surface area (Å²) >= 11 is 1.71. The Morgan fingerprint density at radius 2 is 2.17 bits per heavy atom. The Hall–Kier alpha value is -2.54. The molecule has 6 nitrogen and oxygen atoms in total. The van der Waals surface area contributed by atoms with Crippen molar-refractivity contribution in [3.63, 3.8) is 0 Å². The van der Waals surface area contributed by atoms with Gasteiger partial charge in [-0.25, -0.2) is 9.97 Å². The van der Waals surface area contributed by atoms with Crippen LogP contribution in [0.4, 0.5) is 5.82 Å². The highest BCUT2D eigenvalue weighted by molar-refractivity contribution is 8.00. The number of amides is 1. The molecule has 1 aliphatic rings. The van der Waals surface area contributed by atoms with Crippen LogP contribution in [0.25, 0.3) is 10.9 Å². The van der Waals surface area contributed by atoms with E-state index in [1.165, 1.54) is 6.33 Å². The number of thioether (sulfide) groups is 1. The number of nitrogens with one attached hydrogen (secondary N) is 2. The Bertz CT molecular complexity index is 951. The monoisotopic (exact) mass is 339 g/mol. The Balaban J connectivity index is 1.82. The lowest BCUT2D eigenvalue weighted by Gasteiger charge is -2.14. The van der Waals surface area contributed by atoms with Crippen LogP contribution < -0.4 is 11.1 Å². The van der Waals surface area contributed by atoms with Crippen molar-refractivity contribution in [3.8, 4) is 0 Å². The average molecular weight is 339 g/mol. The molecule has 4 N–H and O–H groups in total. The molecule has 3 aromatic rings. The van der Waals surface area contributed by atoms with Crippen molar-refractivity contribution in [2.24, 2.45) is 0 Å². The maximum absolute atomic E-state index is 11.8. The number of anilines is 1. The fraction of sp³-hybridized carbons (Fsp3) is 0.235. The molecule has 0 saturated carbocycles. The highest BCUT2D eigenvalue weighted by atomic mass is 32.2. The quantitative estimate of drug-likeness (QED) is 0.623. The van der Waals surface area contributed by atoms with E-state index in [4.69, 9.17) is 5.73 Å². The van der Waals surface area contributed by atoms with Gasteiger partial charge in [-0.3, -0.25) is 4.79 Å². The fourth-order valence-corrected chi connectivity index (χ4v) is 4.51. The van der Waals surface area contributed by atoms with Gasteiger partial charge in [-0.05, 0) is 23.6 Å². The van der Waals surface area contributed by atoms with Gasteiger partial charge in [0.2, 0.25) is 0 Å². The van der Waals surface area contributed by atoms with E-state index >= 15 is 0 Å². The molecule has 1 aliphatic heterocycles. The fourth-order valence-electron chi connectivity index (χ4n) is 3.27. The minimum Gasteiger partial charge on any atom is -0.383 e. The van der Waals surface area contributed by atoms with Gasteiger partial charge in [-0.2, -0.15) is 0 Å². The summed E-state index contributed by atoms with van der Waals surface area (Å²) in [6.45, 7) is 2.16. The second-order valence-corrected chi connectivity index (χ2v) is 7.25. The van der Waals surface area contributed by atoms with Crippen LogP contribution in [0, 0.1) is 0 Å². The maximum Gasteiger partial charge on any atom is 0.251 e. The number of nitrogen functional groups attached to an aromatic ring is 1. The summed E-state index contributed by atoms with van der Waals surface area (Å²) in [4.78, 5) is 23.8. The maximum atomic E-state index is 11.8. The molecular formula is C17H17N5OS. The highest BCUT2D eigenvalue weighted by Gasteiger charge is 2.36. The number of nitrogens with two attached hydrogens (primary N) is 1. The SMILES string of the molecule is CNC(=O)c1ccc2cc(C3c4c(N)ncnc4SC3C)[nH]c2c1. The molecule has 2 atom stereocenters. The van der Waals surface area contributed by atoms with Crippen molar-refractivity contribution in [3.05, 3.63) is 47.4 Å². The van der Waals surface area contributed by atoms with E-state index in [-0.39, 0.29) is 11.8 Å². The van der Waals surface area contributed by atoms with E-state index in [0.29, 0.717) is 16.6 Å². The molecule has 0 radical (unpaired) electrons. The third-order valence-corrected chi connectivity index (χ3v) is 5.62.